The van der Waals surface area contributed by atoms with Gasteiger partial charge in [0.15, 0.2) is 0 Å². The topological polar surface area (TPSA) is 115 Å². The SMILES string of the molecule is Cc1cc([N+](=O)[O-])ccc1NC(=O)N[C@@H]1CCCn2ncnc21. The van der Waals surface area contributed by atoms with Crippen molar-refractivity contribution < 1.29 is 9.72 Å². The van der Waals surface area contributed by atoms with E-state index in [2.05, 4.69) is 20.7 Å². The number of nitro groups is 1. The van der Waals surface area contributed by atoms with E-state index >= 15 is 0 Å². The van der Waals surface area contributed by atoms with E-state index in [1.807, 2.05) is 0 Å². The van der Waals surface area contributed by atoms with Crippen molar-refractivity contribution in [2.45, 2.75) is 32.4 Å². The largest absolute Gasteiger partial charge is 0.328 e. The number of aromatic nitrogens is 3. The van der Waals surface area contributed by atoms with Gasteiger partial charge in [-0.05, 0) is 31.4 Å². The highest BCUT2D eigenvalue weighted by Gasteiger charge is 2.24. The molecule has 0 radical (unpaired) electrons. The zero-order chi connectivity index (χ0) is 16.4. The van der Waals surface area contributed by atoms with E-state index in [-0.39, 0.29) is 17.8 Å². The van der Waals surface area contributed by atoms with Crippen LogP contribution in [0.5, 0.6) is 0 Å². The van der Waals surface area contributed by atoms with Crippen LogP contribution in [0.15, 0.2) is 24.5 Å². The number of carbonyl (C=O) groups excluding carboxylic acids is 1. The first kappa shape index (κ1) is 14.9. The molecule has 9 heteroatoms. The van der Waals surface area contributed by atoms with E-state index in [0.717, 1.165) is 25.2 Å². The first-order valence-electron chi connectivity index (χ1n) is 7.25. The summed E-state index contributed by atoms with van der Waals surface area (Å²) in [4.78, 5) is 26.6. The molecule has 1 atom stereocenters. The lowest BCUT2D eigenvalue weighted by Crippen LogP contribution is -2.36. The molecule has 3 rings (SSSR count). The van der Waals surface area contributed by atoms with E-state index in [1.165, 1.54) is 24.5 Å². The van der Waals surface area contributed by atoms with Crippen LogP contribution in [0.3, 0.4) is 0 Å². The number of anilines is 1. The highest BCUT2D eigenvalue weighted by Crippen LogP contribution is 2.23. The molecule has 1 aliphatic heterocycles. The summed E-state index contributed by atoms with van der Waals surface area (Å²) in [6, 6.07) is 3.75. The van der Waals surface area contributed by atoms with Crippen molar-refractivity contribution in [1.82, 2.24) is 20.1 Å². The van der Waals surface area contributed by atoms with Gasteiger partial charge in [-0.2, -0.15) is 5.10 Å². The van der Waals surface area contributed by atoms with Crippen molar-refractivity contribution in [3.63, 3.8) is 0 Å². The van der Waals surface area contributed by atoms with Crippen LogP contribution in [0.4, 0.5) is 16.2 Å². The summed E-state index contributed by atoms with van der Waals surface area (Å²) in [7, 11) is 0. The fourth-order valence-electron chi connectivity index (χ4n) is 2.64. The maximum absolute atomic E-state index is 12.2. The minimum absolute atomic E-state index is 0.00570. The Kier molecular flexibility index (Phi) is 3.92. The van der Waals surface area contributed by atoms with Crippen LogP contribution in [0.25, 0.3) is 0 Å². The number of amides is 2. The van der Waals surface area contributed by atoms with Gasteiger partial charge < -0.3 is 10.6 Å². The summed E-state index contributed by atoms with van der Waals surface area (Å²) in [6.07, 6.45) is 3.19. The van der Waals surface area contributed by atoms with Crippen LogP contribution in [0.1, 0.15) is 30.3 Å². The van der Waals surface area contributed by atoms with Gasteiger partial charge in [0.25, 0.3) is 5.69 Å². The normalized spacial score (nSPS) is 16.5. The van der Waals surface area contributed by atoms with Crippen LogP contribution in [-0.2, 0) is 6.54 Å². The molecule has 2 heterocycles. The fraction of sp³-hybridized carbons (Fsp3) is 0.357. The molecule has 1 aromatic heterocycles. The number of hydrogen-bond acceptors (Lipinski definition) is 5. The number of carbonyl (C=O) groups is 1. The van der Waals surface area contributed by atoms with Crippen LogP contribution < -0.4 is 10.6 Å². The Balaban J connectivity index is 1.68. The van der Waals surface area contributed by atoms with Crippen molar-refractivity contribution in [3.8, 4) is 0 Å². The average Bonchev–Trinajstić information content (AvgIpc) is 2.98. The molecule has 0 bridgehead atoms. The Bertz CT molecular complexity index is 757. The molecule has 0 aliphatic carbocycles. The zero-order valence-electron chi connectivity index (χ0n) is 12.5. The van der Waals surface area contributed by atoms with Crippen LogP contribution in [0.2, 0.25) is 0 Å². The Morgan fingerprint density at radius 2 is 2.30 bits per heavy atom. The lowest BCUT2D eigenvalue weighted by Gasteiger charge is -2.23. The Labute approximate surface area is 131 Å². The smallest absolute Gasteiger partial charge is 0.319 e. The van der Waals surface area contributed by atoms with Crippen LogP contribution in [0, 0.1) is 17.0 Å². The number of fused-ring (bicyclic) bond motifs is 1. The van der Waals surface area contributed by atoms with Gasteiger partial charge >= 0.3 is 6.03 Å². The van der Waals surface area contributed by atoms with Crippen molar-refractivity contribution in [2.75, 3.05) is 5.32 Å². The molecule has 0 saturated heterocycles. The highest BCUT2D eigenvalue weighted by molar-refractivity contribution is 5.90. The van der Waals surface area contributed by atoms with Gasteiger partial charge in [0.2, 0.25) is 0 Å². The van der Waals surface area contributed by atoms with Crippen molar-refractivity contribution in [1.29, 1.82) is 0 Å². The van der Waals surface area contributed by atoms with E-state index in [4.69, 9.17) is 0 Å². The van der Waals surface area contributed by atoms with Gasteiger partial charge in [-0.3, -0.25) is 10.1 Å². The number of nitrogens with zero attached hydrogens (tertiary/aromatic N) is 4. The van der Waals surface area contributed by atoms with Gasteiger partial charge in [-0.15, -0.1) is 0 Å². The predicted molar refractivity (Wildman–Crippen MR) is 82.0 cm³/mol. The van der Waals surface area contributed by atoms with Crippen molar-refractivity contribution >= 4 is 17.4 Å². The predicted octanol–water partition coefficient (Wildman–Crippen LogP) is 2.15. The van der Waals surface area contributed by atoms with Gasteiger partial charge in [0.1, 0.15) is 12.2 Å². The average molecular weight is 316 g/mol. The number of hydrogen-bond donors (Lipinski definition) is 2. The maximum Gasteiger partial charge on any atom is 0.319 e. The van der Waals surface area contributed by atoms with Gasteiger partial charge in [-0.25, -0.2) is 14.5 Å². The van der Waals surface area contributed by atoms with Gasteiger partial charge in [0.05, 0.1) is 11.0 Å². The first-order valence-corrected chi connectivity index (χ1v) is 7.25. The lowest BCUT2D eigenvalue weighted by atomic mass is 10.1. The third kappa shape index (κ3) is 3.12. The molecule has 0 unspecified atom stereocenters. The van der Waals surface area contributed by atoms with E-state index in [1.54, 1.807) is 11.6 Å². The molecule has 0 fully saturated rings. The summed E-state index contributed by atoms with van der Waals surface area (Å²) in [6.45, 7) is 2.51. The molecular formula is C14H16N6O3. The summed E-state index contributed by atoms with van der Waals surface area (Å²) in [5.41, 5.74) is 1.15. The molecule has 120 valence electrons. The molecule has 2 N–H and O–H groups in total. The number of rotatable bonds is 3. The van der Waals surface area contributed by atoms with E-state index < -0.39 is 4.92 Å². The molecule has 0 saturated carbocycles. The van der Waals surface area contributed by atoms with E-state index in [9.17, 15) is 14.9 Å². The van der Waals surface area contributed by atoms with Crippen molar-refractivity contribution in [2.24, 2.45) is 0 Å². The highest BCUT2D eigenvalue weighted by atomic mass is 16.6. The Morgan fingerprint density at radius 3 is 3.04 bits per heavy atom. The number of aryl methyl sites for hydroxylation is 2. The standard InChI is InChI=1S/C14H16N6O3/c1-9-7-10(20(22)23)4-5-11(9)17-14(21)18-12-3-2-6-19-13(12)15-8-16-19/h4-5,7-8,12H,2-3,6H2,1H3,(H2,17,18,21)/t12-/m1/s1. The monoisotopic (exact) mass is 316 g/mol. The summed E-state index contributed by atoms with van der Waals surface area (Å²) >= 11 is 0. The fourth-order valence-corrected chi connectivity index (χ4v) is 2.64. The minimum Gasteiger partial charge on any atom is -0.328 e. The molecule has 1 aliphatic rings. The van der Waals surface area contributed by atoms with E-state index in [0.29, 0.717) is 11.3 Å². The van der Waals surface area contributed by atoms with Crippen LogP contribution in [-0.4, -0.2) is 25.7 Å². The second-order valence-corrected chi connectivity index (χ2v) is 5.39. The second kappa shape index (κ2) is 6.03. The molecule has 2 aromatic rings. The minimum atomic E-state index is -0.467. The van der Waals surface area contributed by atoms with Crippen molar-refractivity contribution in [3.05, 3.63) is 46.0 Å². The second-order valence-electron chi connectivity index (χ2n) is 5.39. The summed E-state index contributed by atoms with van der Waals surface area (Å²) in [5.74, 6) is 0.742. The Morgan fingerprint density at radius 1 is 1.48 bits per heavy atom. The summed E-state index contributed by atoms with van der Waals surface area (Å²) < 4.78 is 1.78. The quantitative estimate of drug-likeness (QED) is 0.665. The summed E-state index contributed by atoms with van der Waals surface area (Å²) in [5, 5.41) is 20.4. The Hall–Kier alpha value is -2.97. The zero-order valence-corrected chi connectivity index (χ0v) is 12.5. The molecule has 23 heavy (non-hydrogen) atoms. The van der Waals surface area contributed by atoms with Gasteiger partial charge in [0, 0.05) is 24.4 Å². The molecule has 0 spiro atoms. The number of benzene rings is 1. The molecule has 2 amide bonds. The lowest BCUT2D eigenvalue weighted by molar-refractivity contribution is -0.384. The number of nitrogens with one attached hydrogen (secondary N) is 2. The number of non-ortho nitro benzene ring substituents is 1. The maximum atomic E-state index is 12.2. The molecule has 9 nitrogen and oxygen atoms in total. The third-order valence-corrected chi connectivity index (χ3v) is 3.79. The molecular weight excluding hydrogens is 300 g/mol. The third-order valence-electron chi connectivity index (χ3n) is 3.79. The number of nitro benzene ring substituents is 1. The van der Waals surface area contributed by atoms with Crippen LogP contribution >= 0.6 is 0 Å². The first-order chi connectivity index (χ1) is 11.0. The number of urea groups is 1. The molecule has 1 aromatic carbocycles. The van der Waals surface area contributed by atoms with Gasteiger partial charge in [-0.1, -0.05) is 0 Å².